The fraction of sp³-hybridized carbons (Fsp3) is 0.125. The third-order valence-electron chi connectivity index (χ3n) is 1.42. The van der Waals surface area contributed by atoms with Crippen molar-refractivity contribution in [2.24, 2.45) is 5.73 Å². The molecule has 0 heterocycles. The van der Waals surface area contributed by atoms with E-state index < -0.39 is 6.03 Å². The number of urea groups is 1. The zero-order valence-corrected chi connectivity index (χ0v) is 7.20. The van der Waals surface area contributed by atoms with Crippen molar-refractivity contribution in [3.63, 3.8) is 0 Å². The number of methoxy groups -OCH3 is 1. The van der Waals surface area contributed by atoms with E-state index in [9.17, 15) is 4.79 Å². The molecule has 0 fully saturated rings. The Kier molecular flexibility index (Phi) is 2.97. The van der Waals surface area contributed by atoms with Gasteiger partial charge >= 0.3 is 6.03 Å². The highest BCUT2D eigenvalue weighted by molar-refractivity contribution is 5.73. The molecule has 1 aromatic rings. The number of benzene rings is 1. The predicted molar refractivity (Wildman–Crippen MR) is 49.3 cm³/mol. The van der Waals surface area contributed by atoms with Crippen molar-refractivity contribution in [2.45, 2.75) is 0 Å². The topological polar surface area (TPSA) is 76.4 Å². The smallest absolute Gasteiger partial charge is 0.330 e. The average molecular weight is 181 g/mol. The van der Waals surface area contributed by atoms with Crippen LogP contribution in [0.5, 0.6) is 5.75 Å². The molecule has 0 saturated carbocycles. The van der Waals surface area contributed by atoms with Crippen molar-refractivity contribution < 1.29 is 9.53 Å². The summed E-state index contributed by atoms with van der Waals surface area (Å²) in [5.41, 5.74) is 10.5. The lowest BCUT2D eigenvalue weighted by Crippen LogP contribution is -2.34. The van der Waals surface area contributed by atoms with Gasteiger partial charge in [-0.15, -0.1) is 0 Å². The monoisotopic (exact) mass is 181 g/mol. The van der Waals surface area contributed by atoms with Gasteiger partial charge in [0.1, 0.15) is 5.75 Å². The van der Waals surface area contributed by atoms with Gasteiger partial charge in [-0.25, -0.2) is 4.79 Å². The number of anilines is 1. The molecule has 70 valence electrons. The molecule has 0 aliphatic rings. The second kappa shape index (κ2) is 4.20. The summed E-state index contributed by atoms with van der Waals surface area (Å²) in [4.78, 5) is 10.3. The molecule has 5 nitrogen and oxygen atoms in total. The molecule has 13 heavy (non-hydrogen) atoms. The van der Waals surface area contributed by atoms with Crippen molar-refractivity contribution in [1.29, 1.82) is 0 Å². The number of rotatable bonds is 3. The van der Waals surface area contributed by atoms with Crippen LogP contribution in [-0.4, -0.2) is 13.1 Å². The lowest BCUT2D eigenvalue weighted by atomic mass is 10.3. The Bertz CT molecular complexity index is 284. The zero-order valence-electron chi connectivity index (χ0n) is 7.20. The molecule has 5 heteroatoms. The first-order chi connectivity index (χ1) is 6.22. The van der Waals surface area contributed by atoms with Gasteiger partial charge in [-0.1, -0.05) is 0 Å². The first-order valence-electron chi connectivity index (χ1n) is 3.68. The molecule has 0 aromatic heterocycles. The molecule has 2 amide bonds. The van der Waals surface area contributed by atoms with Crippen LogP contribution in [0.15, 0.2) is 24.3 Å². The van der Waals surface area contributed by atoms with Crippen molar-refractivity contribution in [3.8, 4) is 5.75 Å². The van der Waals surface area contributed by atoms with Gasteiger partial charge in [-0.05, 0) is 24.3 Å². The molecular weight excluding hydrogens is 170 g/mol. The highest BCUT2D eigenvalue weighted by Gasteiger charge is 1.93. The molecular formula is C8H11N3O2. The minimum absolute atomic E-state index is 0.629. The summed E-state index contributed by atoms with van der Waals surface area (Å²) in [6, 6.07) is 6.43. The van der Waals surface area contributed by atoms with Crippen LogP contribution < -0.4 is 21.3 Å². The molecule has 0 spiro atoms. The fourth-order valence-corrected chi connectivity index (χ4v) is 0.808. The van der Waals surface area contributed by atoms with Gasteiger partial charge in [-0.3, -0.25) is 10.9 Å². The molecule has 0 radical (unpaired) electrons. The molecule has 0 atom stereocenters. The van der Waals surface area contributed by atoms with E-state index >= 15 is 0 Å². The van der Waals surface area contributed by atoms with E-state index in [4.69, 9.17) is 10.5 Å². The Labute approximate surface area is 75.8 Å². The largest absolute Gasteiger partial charge is 0.497 e. The molecule has 1 rings (SSSR count). The van der Waals surface area contributed by atoms with Crippen LogP contribution in [0.25, 0.3) is 0 Å². The van der Waals surface area contributed by atoms with Crippen LogP contribution in [0, 0.1) is 0 Å². The third-order valence-corrected chi connectivity index (χ3v) is 1.42. The summed E-state index contributed by atoms with van der Waals surface area (Å²) in [7, 11) is 1.59. The van der Waals surface area contributed by atoms with E-state index in [0.29, 0.717) is 0 Å². The Hall–Kier alpha value is -1.91. The highest BCUT2D eigenvalue weighted by atomic mass is 16.5. The number of hydrogen-bond donors (Lipinski definition) is 3. The van der Waals surface area contributed by atoms with Gasteiger partial charge in [0, 0.05) is 0 Å². The number of hydrazine groups is 1. The number of nitrogens with two attached hydrogens (primary N) is 1. The fourth-order valence-electron chi connectivity index (χ4n) is 0.808. The third kappa shape index (κ3) is 2.90. The molecule has 0 saturated heterocycles. The Balaban J connectivity index is 2.54. The van der Waals surface area contributed by atoms with Crippen LogP contribution in [0.1, 0.15) is 0 Å². The molecule has 0 unspecified atom stereocenters. The maximum absolute atomic E-state index is 10.3. The minimum Gasteiger partial charge on any atom is -0.497 e. The summed E-state index contributed by atoms with van der Waals surface area (Å²) in [5, 5.41) is 0. The van der Waals surface area contributed by atoms with E-state index in [1.165, 1.54) is 0 Å². The standard InChI is InChI=1S/C8H11N3O2/c1-13-7-4-2-6(3-5-7)10-11-8(9)12/h2-5,10H,1H3,(H3,9,11,12). The van der Waals surface area contributed by atoms with Crippen molar-refractivity contribution in [1.82, 2.24) is 5.43 Å². The number of amides is 2. The second-order valence-electron chi connectivity index (χ2n) is 2.34. The normalized spacial score (nSPS) is 9.00. The van der Waals surface area contributed by atoms with E-state index in [0.717, 1.165) is 11.4 Å². The molecule has 0 bridgehead atoms. The molecule has 0 aliphatic heterocycles. The lowest BCUT2D eigenvalue weighted by molar-refractivity contribution is 0.250. The summed E-state index contributed by atoms with van der Waals surface area (Å²) in [6.45, 7) is 0. The average Bonchev–Trinajstić information content (AvgIpc) is 2.15. The maximum Gasteiger partial charge on any atom is 0.330 e. The van der Waals surface area contributed by atoms with Gasteiger partial charge in [0.2, 0.25) is 0 Å². The Morgan fingerprint density at radius 2 is 2.00 bits per heavy atom. The van der Waals surface area contributed by atoms with Crippen molar-refractivity contribution in [3.05, 3.63) is 24.3 Å². The van der Waals surface area contributed by atoms with Crippen LogP contribution in [0.3, 0.4) is 0 Å². The Morgan fingerprint density at radius 3 is 2.46 bits per heavy atom. The van der Waals surface area contributed by atoms with Crippen LogP contribution in [0.2, 0.25) is 0 Å². The summed E-state index contributed by atoms with van der Waals surface area (Å²) in [5.74, 6) is 0.754. The van der Waals surface area contributed by atoms with E-state index in [1.54, 1.807) is 31.4 Å². The Morgan fingerprint density at radius 1 is 1.38 bits per heavy atom. The van der Waals surface area contributed by atoms with Crippen molar-refractivity contribution >= 4 is 11.7 Å². The number of carbonyl (C=O) groups excluding carboxylic acids is 1. The highest BCUT2D eigenvalue weighted by Crippen LogP contribution is 2.13. The number of ether oxygens (including phenoxy) is 1. The molecule has 1 aromatic carbocycles. The number of primary amides is 1. The lowest BCUT2D eigenvalue weighted by Gasteiger charge is -2.06. The van der Waals surface area contributed by atoms with Crippen LogP contribution >= 0.6 is 0 Å². The number of carbonyl (C=O) groups is 1. The van der Waals surface area contributed by atoms with Gasteiger partial charge in [0.05, 0.1) is 12.8 Å². The second-order valence-corrected chi connectivity index (χ2v) is 2.34. The number of nitrogens with one attached hydrogen (secondary N) is 2. The summed E-state index contributed by atoms with van der Waals surface area (Å²) >= 11 is 0. The van der Waals surface area contributed by atoms with Gasteiger partial charge < -0.3 is 10.5 Å². The predicted octanol–water partition coefficient (Wildman–Crippen LogP) is 0.690. The van der Waals surface area contributed by atoms with Crippen LogP contribution in [-0.2, 0) is 0 Å². The minimum atomic E-state index is -0.629. The first-order valence-corrected chi connectivity index (χ1v) is 3.68. The first kappa shape index (κ1) is 9.18. The van der Waals surface area contributed by atoms with E-state index in [2.05, 4.69) is 10.9 Å². The van der Waals surface area contributed by atoms with Gasteiger partial charge in [0.15, 0.2) is 0 Å². The quantitative estimate of drug-likeness (QED) is 0.600. The molecule has 4 N–H and O–H groups in total. The van der Waals surface area contributed by atoms with Crippen LogP contribution in [0.4, 0.5) is 10.5 Å². The summed E-state index contributed by atoms with van der Waals surface area (Å²) in [6.07, 6.45) is 0. The van der Waals surface area contributed by atoms with E-state index in [-0.39, 0.29) is 0 Å². The van der Waals surface area contributed by atoms with Crippen molar-refractivity contribution in [2.75, 3.05) is 12.5 Å². The van der Waals surface area contributed by atoms with Gasteiger partial charge in [0.25, 0.3) is 0 Å². The van der Waals surface area contributed by atoms with E-state index in [1.807, 2.05) is 0 Å². The molecule has 0 aliphatic carbocycles. The number of hydrogen-bond acceptors (Lipinski definition) is 3. The van der Waals surface area contributed by atoms with Gasteiger partial charge in [-0.2, -0.15) is 0 Å². The maximum atomic E-state index is 10.3. The summed E-state index contributed by atoms with van der Waals surface area (Å²) < 4.78 is 4.95. The SMILES string of the molecule is COc1ccc(NNC(N)=O)cc1. The zero-order chi connectivity index (χ0) is 9.68.